The zero-order valence-corrected chi connectivity index (χ0v) is 19.0. The lowest BCUT2D eigenvalue weighted by Gasteiger charge is -2.28. The summed E-state index contributed by atoms with van der Waals surface area (Å²) in [5.41, 5.74) is 0.336. The Morgan fingerprint density at radius 1 is 1.13 bits per heavy atom. The Kier molecular flexibility index (Phi) is 6.44. The topological polar surface area (TPSA) is 75.7 Å². The van der Waals surface area contributed by atoms with Crippen molar-refractivity contribution < 1.29 is 17.9 Å². The zero-order chi connectivity index (χ0) is 22.0. The van der Waals surface area contributed by atoms with E-state index >= 15 is 0 Å². The molecule has 3 atom stereocenters. The van der Waals surface area contributed by atoms with Crippen molar-refractivity contribution in [3.8, 4) is 5.75 Å². The summed E-state index contributed by atoms with van der Waals surface area (Å²) in [4.78, 5) is 13.0. The van der Waals surface area contributed by atoms with E-state index in [9.17, 15) is 13.2 Å². The van der Waals surface area contributed by atoms with Crippen LogP contribution in [0.3, 0.4) is 0 Å². The van der Waals surface area contributed by atoms with Gasteiger partial charge in [0, 0.05) is 11.1 Å². The van der Waals surface area contributed by atoms with E-state index in [1.165, 1.54) is 30.7 Å². The summed E-state index contributed by atoms with van der Waals surface area (Å²) in [5, 5.41) is 3.53. The van der Waals surface area contributed by atoms with Crippen LogP contribution in [0.1, 0.15) is 32.6 Å². The first-order valence-electron chi connectivity index (χ1n) is 10.7. The summed E-state index contributed by atoms with van der Waals surface area (Å²) in [6.07, 6.45) is 4.51. The third-order valence-corrected chi connectivity index (χ3v) is 8.23. The smallest absolute Gasteiger partial charge is 0.264 e. The number of amides is 1. The van der Waals surface area contributed by atoms with E-state index in [2.05, 4.69) is 5.32 Å². The molecule has 2 aromatic rings. The van der Waals surface area contributed by atoms with Crippen LogP contribution in [0, 0.1) is 11.8 Å². The van der Waals surface area contributed by atoms with Crippen LogP contribution in [-0.4, -0.2) is 33.5 Å². The third-order valence-electron chi connectivity index (χ3n) is 6.21. The molecule has 6 nitrogen and oxygen atoms in total. The Balaban J connectivity index is 1.64. The van der Waals surface area contributed by atoms with Gasteiger partial charge in [-0.15, -0.1) is 0 Å². The number of hydrogen-bond donors (Lipinski definition) is 1. The van der Waals surface area contributed by atoms with Crippen molar-refractivity contribution in [3.63, 3.8) is 0 Å². The maximum atomic E-state index is 13.5. The molecular formula is C23H27ClN2O4S. The second kappa shape index (κ2) is 9.09. The summed E-state index contributed by atoms with van der Waals surface area (Å²) < 4.78 is 33.9. The maximum Gasteiger partial charge on any atom is 0.264 e. The molecule has 2 fully saturated rings. The van der Waals surface area contributed by atoms with E-state index in [0.29, 0.717) is 34.9 Å². The van der Waals surface area contributed by atoms with Crippen LogP contribution in [0.15, 0.2) is 53.4 Å². The van der Waals surface area contributed by atoms with Gasteiger partial charge in [-0.25, -0.2) is 8.42 Å². The number of fused-ring (bicyclic) bond motifs is 2. The number of sulfonamides is 1. The van der Waals surface area contributed by atoms with Crippen LogP contribution in [0.25, 0.3) is 0 Å². The van der Waals surface area contributed by atoms with Crippen molar-refractivity contribution in [1.82, 2.24) is 5.32 Å². The lowest BCUT2D eigenvalue weighted by Crippen LogP contribution is -2.46. The van der Waals surface area contributed by atoms with Crippen molar-refractivity contribution in [2.24, 2.45) is 11.8 Å². The lowest BCUT2D eigenvalue weighted by molar-refractivity contribution is -0.120. The SMILES string of the molecule is CCOc1ccccc1N(CC(=O)NC1CC2CCC1C2)S(=O)(=O)c1ccc(Cl)cc1. The zero-order valence-electron chi connectivity index (χ0n) is 17.5. The third kappa shape index (κ3) is 4.67. The largest absolute Gasteiger partial charge is 0.492 e. The second-order valence-electron chi connectivity index (χ2n) is 8.22. The first-order valence-corrected chi connectivity index (χ1v) is 12.5. The number of ether oxygens (including phenoxy) is 1. The van der Waals surface area contributed by atoms with Gasteiger partial charge in [-0.05, 0) is 74.4 Å². The molecule has 31 heavy (non-hydrogen) atoms. The number of hydrogen-bond acceptors (Lipinski definition) is 4. The Bertz CT molecular complexity index is 1040. The highest BCUT2D eigenvalue weighted by Crippen LogP contribution is 2.44. The summed E-state index contributed by atoms with van der Waals surface area (Å²) >= 11 is 5.94. The summed E-state index contributed by atoms with van der Waals surface area (Å²) in [7, 11) is -4.02. The Labute approximate surface area is 188 Å². The molecule has 1 N–H and O–H groups in total. The van der Waals surface area contributed by atoms with Gasteiger partial charge in [-0.2, -0.15) is 0 Å². The van der Waals surface area contributed by atoms with Crippen molar-refractivity contribution in [2.45, 2.75) is 43.5 Å². The molecule has 8 heteroatoms. The molecule has 2 aromatic carbocycles. The Morgan fingerprint density at radius 2 is 1.87 bits per heavy atom. The molecule has 2 aliphatic carbocycles. The first-order chi connectivity index (χ1) is 14.9. The van der Waals surface area contributed by atoms with Gasteiger partial charge >= 0.3 is 0 Å². The number of anilines is 1. The number of para-hydroxylation sites is 2. The van der Waals surface area contributed by atoms with Gasteiger partial charge < -0.3 is 10.1 Å². The molecule has 0 aliphatic heterocycles. The fraction of sp³-hybridized carbons (Fsp3) is 0.435. The standard InChI is InChI=1S/C23H27ClN2O4S/c1-2-30-22-6-4-3-5-21(22)26(31(28,29)19-11-9-18(24)10-12-19)15-23(27)25-20-14-16-7-8-17(20)13-16/h3-6,9-12,16-17,20H,2,7-8,13-15H2,1H3,(H,25,27). The molecule has 166 valence electrons. The van der Waals surface area contributed by atoms with E-state index < -0.39 is 10.0 Å². The van der Waals surface area contributed by atoms with Gasteiger partial charge in [0.25, 0.3) is 10.0 Å². The summed E-state index contributed by atoms with van der Waals surface area (Å²) in [6.45, 7) is 1.89. The van der Waals surface area contributed by atoms with Crippen LogP contribution < -0.4 is 14.4 Å². The summed E-state index contributed by atoms with van der Waals surface area (Å²) in [5.74, 6) is 1.30. The number of halogens is 1. The number of rotatable bonds is 8. The normalized spacial score (nSPS) is 22.3. The molecular weight excluding hydrogens is 436 g/mol. The molecule has 2 saturated carbocycles. The average molecular weight is 463 g/mol. The highest BCUT2D eigenvalue weighted by atomic mass is 35.5. The lowest BCUT2D eigenvalue weighted by atomic mass is 9.95. The predicted octanol–water partition coefficient (Wildman–Crippen LogP) is 4.24. The number of carbonyl (C=O) groups is 1. The minimum absolute atomic E-state index is 0.0657. The van der Waals surface area contributed by atoms with Crippen LogP contribution >= 0.6 is 11.6 Å². The fourth-order valence-electron chi connectivity index (χ4n) is 4.78. The highest BCUT2D eigenvalue weighted by molar-refractivity contribution is 7.92. The van der Waals surface area contributed by atoms with Crippen molar-refractivity contribution in [1.29, 1.82) is 0 Å². The Hall–Kier alpha value is -2.25. The highest BCUT2D eigenvalue weighted by Gasteiger charge is 2.40. The maximum absolute atomic E-state index is 13.5. The quantitative estimate of drug-likeness (QED) is 0.636. The van der Waals surface area contributed by atoms with Gasteiger partial charge in [0.15, 0.2) is 0 Å². The van der Waals surface area contributed by atoms with Crippen molar-refractivity contribution >= 4 is 33.2 Å². The van der Waals surface area contributed by atoms with Gasteiger partial charge in [0.2, 0.25) is 5.91 Å². The van der Waals surface area contributed by atoms with Crippen LogP contribution in [0.2, 0.25) is 5.02 Å². The molecule has 1 amide bonds. The van der Waals surface area contributed by atoms with Crippen molar-refractivity contribution in [3.05, 3.63) is 53.6 Å². The van der Waals surface area contributed by atoms with E-state index in [1.807, 2.05) is 6.92 Å². The molecule has 2 bridgehead atoms. The first kappa shape index (κ1) is 22.0. The molecule has 3 unspecified atom stereocenters. The number of nitrogens with zero attached hydrogens (tertiary/aromatic N) is 1. The van der Waals surface area contributed by atoms with Crippen molar-refractivity contribution in [2.75, 3.05) is 17.5 Å². The molecule has 0 saturated heterocycles. The minimum Gasteiger partial charge on any atom is -0.492 e. The van der Waals surface area contributed by atoms with Gasteiger partial charge in [0.05, 0.1) is 17.2 Å². The molecule has 4 rings (SSSR count). The summed E-state index contributed by atoms with van der Waals surface area (Å²) in [6, 6.07) is 12.9. The van der Waals surface area contributed by atoms with Crippen LogP contribution in [-0.2, 0) is 14.8 Å². The van der Waals surface area contributed by atoms with Gasteiger partial charge in [-0.1, -0.05) is 30.2 Å². The molecule has 2 aliphatic rings. The molecule has 0 aromatic heterocycles. The number of benzene rings is 2. The Morgan fingerprint density at radius 3 is 2.52 bits per heavy atom. The van der Waals surface area contributed by atoms with E-state index in [0.717, 1.165) is 23.6 Å². The van der Waals surface area contributed by atoms with Crippen LogP contribution in [0.4, 0.5) is 5.69 Å². The van der Waals surface area contributed by atoms with E-state index in [-0.39, 0.29) is 23.4 Å². The van der Waals surface area contributed by atoms with Crippen LogP contribution in [0.5, 0.6) is 5.75 Å². The number of nitrogens with one attached hydrogen (secondary N) is 1. The molecule has 0 radical (unpaired) electrons. The van der Waals surface area contributed by atoms with E-state index in [4.69, 9.17) is 16.3 Å². The monoisotopic (exact) mass is 462 g/mol. The van der Waals surface area contributed by atoms with Gasteiger partial charge in [-0.3, -0.25) is 9.10 Å². The molecule has 0 heterocycles. The van der Waals surface area contributed by atoms with Gasteiger partial charge in [0.1, 0.15) is 12.3 Å². The molecule has 0 spiro atoms. The minimum atomic E-state index is -4.02. The predicted molar refractivity (Wildman–Crippen MR) is 121 cm³/mol. The number of carbonyl (C=O) groups excluding carboxylic acids is 1. The van der Waals surface area contributed by atoms with E-state index in [1.54, 1.807) is 24.3 Å². The second-order valence-corrected chi connectivity index (χ2v) is 10.5. The fourth-order valence-corrected chi connectivity index (χ4v) is 6.34. The average Bonchev–Trinajstić information content (AvgIpc) is 3.36.